The van der Waals surface area contributed by atoms with Gasteiger partial charge in [0.1, 0.15) is 0 Å². The fourth-order valence-corrected chi connectivity index (χ4v) is 7.75. The highest BCUT2D eigenvalue weighted by molar-refractivity contribution is 7.14. The maximum atomic E-state index is 5.09. The third-order valence-corrected chi connectivity index (χ3v) is 10.5. The second-order valence-electron chi connectivity index (χ2n) is 9.54. The summed E-state index contributed by atoms with van der Waals surface area (Å²) in [5, 5.41) is 10.5. The number of rotatable bonds is 6. The van der Waals surface area contributed by atoms with Crippen molar-refractivity contribution >= 4 is 56.1 Å². The Labute approximate surface area is 258 Å². The van der Waals surface area contributed by atoms with Crippen molar-refractivity contribution in [2.45, 2.75) is 0 Å². The molecular formula is C34H20N4S4. The Balaban J connectivity index is 1.33. The van der Waals surface area contributed by atoms with Crippen molar-refractivity contribution in [3.8, 4) is 65.1 Å². The molecule has 8 aromatic rings. The first-order valence-corrected chi connectivity index (χ1v) is 16.8. The van der Waals surface area contributed by atoms with Crippen LogP contribution < -0.4 is 0 Å². The van der Waals surface area contributed by atoms with Crippen LogP contribution in [-0.4, -0.2) is 19.9 Å². The normalized spacial score (nSPS) is 11.3. The zero-order chi connectivity index (χ0) is 27.9. The van der Waals surface area contributed by atoms with Crippen LogP contribution >= 0.6 is 45.3 Å². The van der Waals surface area contributed by atoms with Crippen LogP contribution in [0.25, 0.3) is 75.8 Å². The number of fused-ring (bicyclic) bond motifs is 1. The predicted molar refractivity (Wildman–Crippen MR) is 179 cm³/mol. The third-order valence-electron chi connectivity index (χ3n) is 6.96. The molecule has 0 aliphatic carbocycles. The van der Waals surface area contributed by atoms with E-state index in [-0.39, 0.29) is 0 Å². The van der Waals surface area contributed by atoms with E-state index in [0.717, 1.165) is 75.8 Å². The van der Waals surface area contributed by atoms with Crippen molar-refractivity contribution in [2.24, 2.45) is 0 Å². The molecule has 0 atom stereocenters. The number of aromatic nitrogens is 4. The molecule has 2 aromatic carbocycles. The quantitative estimate of drug-likeness (QED) is 0.187. The van der Waals surface area contributed by atoms with Crippen LogP contribution in [0.1, 0.15) is 0 Å². The Morgan fingerprint density at radius 2 is 0.738 bits per heavy atom. The molecule has 6 heterocycles. The van der Waals surface area contributed by atoms with Gasteiger partial charge in [-0.3, -0.25) is 0 Å². The minimum Gasteiger partial charge on any atom is -0.227 e. The zero-order valence-corrected chi connectivity index (χ0v) is 25.2. The van der Waals surface area contributed by atoms with Crippen molar-refractivity contribution in [2.75, 3.05) is 0 Å². The first-order chi connectivity index (χ1) is 20.8. The van der Waals surface area contributed by atoms with Gasteiger partial charge in [0.2, 0.25) is 0 Å². The van der Waals surface area contributed by atoms with Crippen LogP contribution in [0.15, 0.2) is 119 Å². The van der Waals surface area contributed by atoms with Gasteiger partial charge in [-0.15, -0.1) is 45.3 Å². The molecule has 0 saturated carbocycles. The highest BCUT2D eigenvalue weighted by Gasteiger charge is 2.17. The molecule has 0 spiro atoms. The fraction of sp³-hybridized carbons (Fsp3) is 0. The molecule has 0 amide bonds. The van der Waals surface area contributed by atoms with Crippen LogP contribution in [-0.2, 0) is 0 Å². The molecule has 6 aromatic heterocycles. The van der Waals surface area contributed by atoms with Crippen molar-refractivity contribution in [3.05, 3.63) is 119 Å². The molecule has 42 heavy (non-hydrogen) atoms. The van der Waals surface area contributed by atoms with E-state index in [1.807, 2.05) is 12.1 Å². The average Bonchev–Trinajstić information content (AvgIpc) is 3.88. The zero-order valence-electron chi connectivity index (χ0n) is 22.0. The summed E-state index contributed by atoms with van der Waals surface area (Å²) < 4.78 is 0. The Morgan fingerprint density at radius 1 is 0.357 bits per heavy atom. The van der Waals surface area contributed by atoms with Gasteiger partial charge in [0.25, 0.3) is 0 Å². The highest BCUT2D eigenvalue weighted by atomic mass is 32.1. The van der Waals surface area contributed by atoms with Crippen LogP contribution in [0.2, 0.25) is 0 Å². The van der Waals surface area contributed by atoms with Gasteiger partial charge in [-0.1, -0.05) is 60.7 Å². The second-order valence-corrected chi connectivity index (χ2v) is 13.3. The molecule has 8 rings (SSSR count). The monoisotopic (exact) mass is 612 g/mol. The lowest BCUT2D eigenvalue weighted by Crippen LogP contribution is -1.96. The van der Waals surface area contributed by atoms with Gasteiger partial charge in [0.05, 0.1) is 42.3 Å². The Morgan fingerprint density at radius 3 is 1.12 bits per heavy atom. The number of benzene rings is 2. The first kappa shape index (κ1) is 25.4. The standard InChI is InChI=1S/C34H20N4S4/c1-7-21-22(23(9-1)25-19-27(29-11-3-15-39-29)37-33(35-25)31-13-5-17-41-31)8-2-10-24(21)26-20-28(30-12-4-16-40-30)38-34(36-26)32-14-6-18-42-32/h1-20H. The smallest absolute Gasteiger partial charge is 0.170 e. The number of nitrogens with zero attached hydrogens (tertiary/aromatic N) is 4. The van der Waals surface area contributed by atoms with Crippen LogP contribution in [0.4, 0.5) is 0 Å². The summed E-state index contributed by atoms with van der Waals surface area (Å²) in [6, 6.07) is 33.7. The molecular weight excluding hydrogens is 593 g/mol. The van der Waals surface area contributed by atoms with Gasteiger partial charge in [-0.25, -0.2) is 19.9 Å². The number of hydrogen-bond acceptors (Lipinski definition) is 8. The maximum Gasteiger partial charge on any atom is 0.170 e. The van der Waals surface area contributed by atoms with Gasteiger partial charge in [0, 0.05) is 11.1 Å². The lowest BCUT2D eigenvalue weighted by atomic mass is 9.96. The minimum absolute atomic E-state index is 0.746. The minimum atomic E-state index is 0.746. The molecule has 8 heteroatoms. The molecule has 0 aliphatic rings. The second kappa shape index (κ2) is 10.8. The molecule has 0 bridgehead atoms. The third kappa shape index (κ3) is 4.68. The molecule has 0 fully saturated rings. The number of hydrogen-bond donors (Lipinski definition) is 0. The summed E-state index contributed by atoms with van der Waals surface area (Å²) in [6.07, 6.45) is 0. The fourth-order valence-electron chi connectivity index (χ4n) is 5.06. The van der Waals surface area contributed by atoms with E-state index in [1.54, 1.807) is 45.3 Å². The van der Waals surface area contributed by atoms with E-state index < -0.39 is 0 Å². The largest absolute Gasteiger partial charge is 0.227 e. The van der Waals surface area contributed by atoms with E-state index in [9.17, 15) is 0 Å². The van der Waals surface area contributed by atoms with Crippen molar-refractivity contribution in [3.63, 3.8) is 0 Å². The lowest BCUT2D eigenvalue weighted by Gasteiger charge is -2.13. The van der Waals surface area contributed by atoms with Crippen LogP contribution in [0.5, 0.6) is 0 Å². The summed E-state index contributed by atoms with van der Waals surface area (Å²) in [7, 11) is 0. The van der Waals surface area contributed by atoms with E-state index in [2.05, 4.69) is 106 Å². The van der Waals surface area contributed by atoms with Gasteiger partial charge in [-0.05, 0) is 68.7 Å². The van der Waals surface area contributed by atoms with Crippen molar-refractivity contribution in [1.82, 2.24) is 19.9 Å². The Bertz CT molecular complexity index is 1870. The van der Waals surface area contributed by atoms with Crippen LogP contribution in [0.3, 0.4) is 0 Å². The first-order valence-electron chi connectivity index (χ1n) is 13.3. The van der Waals surface area contributed by atoms with E-state index >= 15 is 0 Å². The Kier molecular flexibility index (Phi) is 6.53. The van der Waals surface area contributed by atoms with Crippen molar-refractivity contribution in [1.29, 1.82) is 0 Å². The molecule has 4 nitrogen and oxygen atoms in total. The molecule has 0 saturated heterocycles. The summed E-state index contributed by atoms with van der Waals surface area (Å²) in [5.41, 5.74) is 5.81. The SMILES string of the molecule is c1csc(-c2cc(-c3cccc4c(-c5cc(-c6cccs6)nc(-c6cccs6)n5)cccc34)nc(-c3cccs3)n2)c1. The summed E-state index contributed by atoms with van der Waals surface area (Å²) >= 11 is 6.69. The lowest BCUT2D eigenvalue weighted by molar-refractivity contribution is 1.20. The summed E-state index contributed by atoms with van der Waals surface area (Å²) in [4.78, 5) is 24.4. The molecule has 0 aliphatic heterocycles. The molecule has 0 N–H and O–H groups in total. The summed E-state index contributed by atoms with van der Waals surface area (Å²) in [6.45, 7) is 0. The molecule has 200 valence electrons. The van der Waals surface area contributed by atoms with Gasteiger partial charge in [-0.2, -0.15) is 0 Å². The highest BCUT2D eigenvalue weighted by Crippen LogP contribution is 2.38. The van der Waals surface area contributed by atoms with Gasteiger partial charge >= 0.3 is 0 Å². The van der Waals surface area contributed by atoms with Gasteiger partial charge < -0.3 is 0 Å². The Hall–Kier alpha value is -4.34. The molecule has 0 radical (unpaired) electrons. The van der Waals surface area contributed by atoms with Crippen molar-refractivity contribution < 1.29 is 0 Å². The van der Waals surface area contributed by atoms with E-state index in [0.29, 0.717) is 0 Å². The van der Waals surface area contributed by atoms with E-state index in [4.69, 9.17) is 19.9 Å². The number of thiophene rings is 4. The van der Waals surface area contributed by atoms with E-state index in [1.165, 1.54) is 0 Å². The van der Waals surface area contributed by atoms with Crippen LogP contribution in [0, 0.1) is 0 Å². The van der Waals surface area contributed by atoms with Gasteiger partial charge in [0.15, 0.2) is 11.6 Å². The topological polar surface area (TPSA) is 51.6 Å². The maximum absolute atomic E-state index is 5.09. The summed E-state index contributed by atoms with van der Waals surface area (Å²) in [5.74, 6) is 1.49. The average molecular weight is 613 g/mol. The molecule has 0 unspecified atom stereocenters. The predicted octanol–water partition coefficient (Wildman–Crippen LogP) is 10.7.